The summed E-state index contributed by atoms with van der Waals surface area (Å²) in [5, 5.41) is 9.94. The van der Waals surface area contributed by atoms with E-state index in [0.717, 1.165) is 17.0 Å². The van der Waals surface area contributed by atoms with Crippen LogP contribution in [-0.2, 0) is 0 Å². The highest BCUT2D eigenvalue weighted by molar-refractivity contribution is 7.12. The highest BCUT2D eigenvalue weighted by Gasteiger charge is 2.16. The molecule has 130 valence electrons. The highest BCUT2D eigenvalue weighted by atomic mass is 32.1. The minimum atomic E-state index is -0.327. The van der Waals surface area contributed by atoms with E-state index in [2.05, 4.69) is 34.5 Å². The molecule has 0 spiro atoms. The number of hydrogen-bond acceptors (Lipinski definition) is 5. The fourth-order valence-corrected chi connectivity index (χ4v) is 3.33. The van der Waals surface area contributed by atoms with Crippen molar-refractivity contribution >= 4 is 23.1 Å². The van der Waals surface area contributed by atoms with E-state index in [1.54, 1.807) is 22.9 Å². The molecule has 0 bridgehead atoms. The third-order valence-electron chi connectivity index (χ3n) is 3.84. The standard InChI is InChI=1S/C19H16N4O2S/c1-12-5-7-14(8-6-12)15-11-26-19(20-15)23-17(10-13(2)22-23)21-18(24)16-4-3-9-25-16/h3-11H,1-2H3,(H,21,24). The molecule has 4 rings (SSSR count). The van der Waals surface area contributed by atoms with Crippen molar-refractivity contribution in [1.82, 2.24) is 14.8 Å². The lowest BCUT2D eigenvalue weighted by molar-refractivity contribution is 0.0996. The van der Waals surface area contributed by atoms with Crippen molar-refractivity contribution in [3.63, 3.8) is 0 Å². The van der Waals surface area contributed by atoms with E-state index in [0.29, 0.717) is 10.9 Å². The number of hydrogen-bond donors (Lipinski definition) is 1. The van der Waals surface area contributed by atoms with E-state index in [9.17, 15) is 4.79 Å². The smallest absolute Gasteiger partial charge is 0.292 e. The molecule has 7 heteroatoms. The first-order valence-electron chi connectivity index (χ1n) is 8.04. The molecule has 0 aliphatic rings. The average Bonchev–Trinajstić information content (AvgIpc) is 3.35. The number of aryl methyl sites for hydroxylation is 2. The van der Waals surface area contributed by atoms with Crippen molar-refractivity contribution in [2.75, 3.05) is 5.32 Å². The molecule has 0 aliphatic carbocycles. The molecule has 1 aromatic carbocycles. The quantitative estimate of drug-likeness (QED) is 0.580. The molecule has 0 atom stereocenters. The van der Waals surface area contributed by atoms with E-state index in [4.69, 9.17) is 4.42 Å². The maximum Gasteiger partial charge on any atom is 0.292 e. The SMILES string of the molecule is Cc1ccc(-c2csc(-n3nc(C)cc3NC(=O)c3ccco3)n2)cc1. The van der Waals surface area contributed by atoms with Crippen molar-refractivity contribution in [2.24, 2.45) is 0 Å². The van der Waals surface area contributed by atoms with Crippen LogP contribution in [0.15, 0.2) is 58.5 Å². The van der Waals surface area contributed by atoms with Crippen molar-refractivity contribution in [2.45, 2.75) is 13.8 Å². The van der Waals surface area contributed by atoms with Gasteiger partial charge in [0, 0.05) is 17.0 Å². The second-order valence-electron chi connectivity index (χ2n) is 5.90. The van der Waals surface area contributed by atoms with Gasteiger partial charge in [-0.1, -0.05) is 29.8 Å². The van der Waals surface area contributed by atoms with Crippen LogP contribution in [0, 0.1) is 13.8 Å². The number of thiazole rings is 1. The van der Waals surface area contributed by atoms with Gasteiger partial charge in [0.15, 0.2) is 5.76 Å². The van der Waals surface area contributed by atoms with Crippen LogP contribution in [0.2, 0.25) is 0 Å². The van der Waals surface area contributed by atoms with Gasteiger partial charge in [-0.05, 0) is 26.0 Å². The fraction of sp³-hybridized carbons (Fsp3) is 0.105. The molecule has 0 unspecified atom stereocenters. The summed E-state index contributed by atoms with van der Waals surface area (Å²) in [6.45, 7) is 3.92. The second-order valence-corrected chi connectivity index (χ2v) is 6.73. The van der Waals surface area contributed by atoms with Gasteiger partial charge in [-0.25, -0.2) is 4.98 Å². The molecule has 0 fully saturated rings. The Balaban J connectivity index is 1.64. The van der Waals surface area contributed by atoms with Crippen LogP contribution < -0.4 is 5.32 Å². The predicted octanol–water partition coefficient (Wildman–Crippen LogP) is 4.46. The number of nitrogens with one attached hydrogen (secondary N) is 1. The third-order valence-corrected chi connectivity index (χ3v) is 4.65. The maximum atomic E-state index is 12.3. The minimum Gasteiger partial charge on any atom is -0.459 e. The molecular formula is C19H16N4O2S. The minimum absolute atomic E-state index is 0.245. The van der Waals surface area contributed by atoms with Crippen LogP contribution in [0.25, 0.3) is 16.4 Å². The second kappa shape index (κ2) is 6.61. The molecule has 4 aromatic rings. The van der Waals surface area contributed by atoms with Gasteiger partial charge in [0.05, 0.1) is 17.7 Å². The summed E-state index contributed by atoms with van der Waals surface area (Å²) in [6, 6.07) is 13.3. The Labute approximate surface area is 154 Å². The Hall–Kier alpha value is -3.19. The zero-order chi connectivity index (χ0) is 18.1. The van der Waals surface area contributed by atoms with Crippen molar-refractivity contribution in [1.29, 1.82) is 0 Å². The number of nitrogens with zero attached hydrogens (tertiary/aromatic N) is 3. The summed E-state index contributed by atoms with van der Waals surface area (Å²) in [6.07, 6.45) is 1.46. The number of benzene rings is 1. The summed E-state index contributed by atoms with van der Waals surface area (Å²) in [5.74, 6) is 0.468. The Morgan fingerprint density at radius 3 is 2.73 bits per heavy atom. The lowest BCUT2D eigenvalue weighted by Gasteiger charge is -2.05. The average molecular weight is 364 g/mol. The molecule has 3 aromatic heterocycles. The summed E-state index contributed by atoms with van der Waals surface area (Å²) in [4.78, 5) is 16.9. The van der Waals surface area contributed by atoms with Crippen LogP contribution in [0.4, 0.5) is 5.82 Å². The number of rotatable bonds is 4. The van der Waals surface area contributed by atoms with Crippen LogP contribution in [0.1, 0.15) is 21.8 Å². The topological polar surface area (TPSA) is 73.0 Å². The number of carbonyl (C=O) groups is 1. The largest absolute Gasteiger partial charge is 0.459 e. The normalized spacial score (nSPS) is 10.8. The van der Waals surface area contributed by atoms with Crippen molar-refractivity contribution in [3.05, 3.63) is 71.1 Å². The summed E-state index contributed by atoms with van der Waals surface area (Å²) < 4.78 is 6.77. The van der Waals surface area contributed by atoms with Gasteiger partial charge < -0.3 is 9.73 Å². The van der Waals surface area contributed by atoms with Gasteiger partial charge in [0.2, 0.25) is 5.13 Å². The fourth-order valence-electron chi connectivity index (χ4n) is 2.54. The highest BCUT2D eigenvalue weighted by Crippen LogP contribution is 2.26. The number of carbonyl (C=O) groups excluding carboxylic acids is 1. The number of anilines is 1. The van der Waals surface area contributed by atoms with Crippen molar-refractivity contribution < 1.29 is 9.21 Å². The summed E-state index contributed by atoms with van der Waals surface area (Å²) in [7, 11) is 0. The molecule has 1 amide bonds. The molecule has 0 saturated heterocycles. The number of furan rings is 1. The van der Waals surface area contributed by atoms with E-state index in [-0.39, 0.29) is 11.7 Å². The third kappa shape index (κ3) is 3.16. The molecular weight excluding hydrogens is 348 g/mol. The van der Waals surface area contributed by atoms with E-state index in [1.165, 1.54) is 23.2 Å². The zero-order valence-electron chi connectivity index (χ0n) is 14.3. The molecule has 3 heterocycles. The first-order valence-corrected chi connectivity index (χ1v) is 8.92. The molecule has 0 aliphatic heterocycles. The number of amides is 1. The van der Waals surface area contributed by atoms with Gasteiger partial charge in [-0.15, -0.1) is 11.3 Å². The molecule has 1 N–H and O–H groups in total. The number of aromatic nitrogens is 3. The van der Waals surface area contributed by atoms with Gasteiger partial charge in [-0.3, -0.25) is 4.79 Å². The maximum absolute atomic E-state index is 12.3. The first-order chi connectivity index (χ1) is 12.6. The van der Waals surface area contributed by atoms with Crippen LogP contribution in [0.3, 0.4) is 0 Å². The van der Waals surface area contributed by atoms with E-state index < -0.39 is 0 Å². The lowest BCUT2D eigenvalue weighted by atomic mass is 10.1. The first kappa shape index (κ1) is 16.3. The Kier molecular flexibility index (Phi) is 4.14. The van der Waals surface area contributed by atoms with Crippen molar-refractivity contribution in [3.8, 4) is 16.4 Å². The van der Waals surface area contributed by atoms with E-state index in [1.807, 2.05) is 24.4 Å². The van der Waals surface area contributed by atoms with Crippen LogP contribution >= 0.6 is 11.3 Å². The van der Waals surface area contributed by atoms with Crippen LogP contribution in [0.5, 0.6) is 0 Å². The van der Waals surface area contributed by atoms with E-state index >= 15 is 0 Å². The lowest BCUT2D eigenvalue weighted by Crippen LogP contribution is -2.14. The van der Waals surface area contributed by atoms with Crippen LogP contribution in [-0.4, -0.2) is 20.7 Å². The monoisotopic (exact) mass is 364 g/mol. The summed E-state index contributed by atoms with van der Waals surface area (Å²) >= 11 is 1.47. The summed E-state index contributed by atoms with van der Waals surface area (Å²) in [5.41, 5.74) is 3.91. The molecule has 26 heavy (non-hydrogen) atoms. The Bertz CT molecular complexity index is 1050. The Morgan fingerprint density at radius 1 is 1.19 bits per heavy atom. The predicted molar refractivity (Wildman–Crippen MR) is 101 cm³/mol. The molecule has 6 nitrogen and oxygen atoms in total. The van der Waals surface area contributed by atoms with Gasteiger partial charge in [0.25, 0.3) is 5.91 Å². The molecule has 0 saturated carbocycles. The Morgan fingerprint density at radius 2 is 2.00 bits per heavy atom. The van der Waals surface area contributed by atoms with Gasteiger partial charge >= 0.3 is 0 Å². The zero-order valence-corrected chi connectivity index (χ0v) is 15.1. The van der Waals surface area contributed by atoms with Gasteiger partial charge in [0.1, 0.15) is 5.82 Å². The van der Waals surface area contributed by atoms with Gasteiger partial charge in [-0.2, -0.15) is 9.78 Å². The molecule has 0 radical (unpaired) electrons.